The van der Waals surface area contributed by atoms with Crippen molar-refractivity contribution in [3.63, 3.8) is 0 Å². The number of alkyl halides is 1. The number of piperidine rings is 1. The first-order valence-electron chi connectivity index (χ1n) is 6.20. The van der Waals surface area contributed by atoms with E-state index in [1.54, 1.807) is 24.3 Å². The maximum Gasteiger partial charge on any atom is 0.403 e. The SMILES string of the molecule is O=P(O)(O)N(Cc1ccccc1)C1CNCCC1F. The molecular formula is C12H18FN2O3P. The summed E-state index contributed by atoms with van der Waals surface area (Å²) in [5.41, 5.74) is 0.753. The van der Waals surface area contributed by atoms with E-state index in [9.17, 15) is 18.7 Å². The van der Waals surface area contributed by atoms with Crippen LogP contribution in [0.15, 0.2) is 30.3 Å². The summed E-state index contributed by atoms with van der Waals surface area (Å²) in [6.07, 6.45) is -0.951. The molecule has 1 heterocycles. The Morgan fingerprint density at radius 1 is 1.37 bits per heavy atom. The number of nitrogens with zero attached hydrogens (tertiary/aromatic N) is 1. The molecule has 5 nitrogen and oxygen atoms in total. The highest BCUT2D eigenvalue weighted by atomic mass is 31.2. The van der Waals surface area contributed by atoms with E-state index in [1.807, 2.05) is 6.07 Å². The minimum absolute atomic E-state index is 0.0396. The lowest BCUT2D eigenvalue weighted by atomic mass is 10.0. The lowest BCUT2D eigenvalue weighted by Crippen LogP contribution is -2.50. The normalized spacial score (nSPS) is 24.6. The van der Waals surface area contributed by atoms with Crippen LogP contribution in [0.5, 0.6) is 0 Å². The van der Waals surface area contributed by atoms with Crippen LogP contribution in [0, 0.1) is 0 Å². The van der Waals surface area contributed by atoms with Gasteiger partial charge in [-0.15, -0.1) is 0 Å². The van der Waals surface area contributed by atoms with Gasteiger partial charge in [0.1, 0.15) is 6.17 Å². The maximum atomic E-state index is 13.9. The largest absolute Gasteiger partial charge is 0.403 e. The van der Waals surface area contributed by atoms with Crippen LogP contribution in [-0.4, -0.2) is 39.8 Å². The molecule has 1 aromatic carbocycles. The van der Waals surface area contributed by atoms with Gasteiger partial charge in [-0.05, 0) is 18.5 Å². The summed E-state index contributed by atoms with van der Waals surface area (Å²) in [4.78, 5) is 18.9. The quantitative estimate of drug-likeness (QED) is 0.728. The zero-order chi connectivity index (χ0) is 13.9. The predicted molar refractivity (Wildman–Crippen MR) is 70.2 cm³/mol. The summed E-state index contributed by atoms with van der Waals surface area (Å²) in [6, 6.07) is 8.15. The van der Waals surface area contributed by atoms with Crippen LogP contribution < -0.4 is 5.32 Å². The fraction of sp³-hybridized carbons (Fsp3) is 0.500. The first kappa shape index (κ1) is 14.6. The molecule has 0 spiro atoms. The number of benzene rings is 1. The van der Waals surface area contributed by atoms with Gasteiger partial charge >= 0.3 is 7.75 Å². The molecule has 106 valence electrons. The zero-order valence-corrected chi connectivity index (χ0v) is 11.3. The Labute approximate surface area is 111 Å². The molecule has 2 rings (SSSR count). The average Bonchev–Trinajstić information content (AvgIpc) is 2.37. The van der Waals surface area contributed by atoms with Crippen molar-refractivity contribution in [3.05, 3.63) is 35.9 Å². The van der Waals surface area contributed by atoms with E-state index in [0.29, 0.717) is 6.54 Å². The van der Waals surface area contributed by atoms with Gasteiger partial charge in [0.2, 0.25) is 0 Å². The summed E-state index contributed by atoms with van der Waals surface area (Å²) in [7, 11) is -4.49. The molecule has 1 aliphatic rings. The highest BCUT2D eigenvalue weighted by Gasteiger charge is 2.38. The van der Waals surface area contributed by atoms with E-state index < -0.39 is 20.0 Å². The third kappa shape index (κ3) is 3.84. The Hall–Kier alpha value is -0.780. The van der Waals surface area contributed by atoms with Crippen molar-refractivity contribution in [2.24, 2.45) is 0 Å². The predicted octanol–water partition coefficient (Wildman–Crippen LogP) is 1.28. The molecule has 0 bridgehead atoms. The van der Waals surface area contributed by atoms with Crippen LogP contribution in [0.2, 0.25) is 0 Å². The molecule has 1 aliphatic heterocycles. The standard InChI is InChI=1S/C12H18FN2O3P/c13-11-6-7-14-8-12(11)15(19(16,17)18)9-10-4-2-1-3-5-10/h1-5,11-12,14H,6-9H2,(H2,16,17,18). The second kappa shape index (κ2) is 6.11. The summed E-state index contributed by atoms with van der Waals surface area (Å²) in [5.74, 6) is 0. The van der Waals surface area contributed by atoms with Gasteiger partial charge in [0.05, 0.1) is 6.04 Å². The van der Waals surface area contributed by atoms with Crippen molar-refractivity contribution in [2.75, 3.05) is 13.1 Å². The van der Waals surface area contributed by atoms with Crippen LogP contribution in [0.4, 0.5) is 4.39 Å². The van der Waals surface area contributed by atoms with Gasteiger partial charge < -0.3 is 15.1 Å². The van der Waals surface area contributed by atoms with E-state index in [4.69, 9.17) is 0 Å². The van der Waals surface area contributed by atoms with Crippen LogP contribution in [0.3, 0.4) is 0 Å². The van der Waals surface area contributed by atoms with E-state index in [0.717, 1.165) is 10.2 Å². The molecule has 1 saturated heterocycles. The highest BCUT2D eigenvalue weighted by molar-refractivity contribution is 7.49. The number of halogens is 1. The third-order valence-corrected chi connectivity index (χ3v) is 4.38. The Morgan fingerprint density at radius 2 is 2.05 bits per heavy atom. The molecule has 7 heteroatoms. The molecular weight excluding hydrogens is 270 g/mol. The average molecular weight is 288 g/mol. The van der Waals surface area contributed by atoms with Crippen molar-refractivity contribution < 1.29 is 18.7 Å². The first-order chi connectivity index (χ1) is 8.98. The molecule has 2 unspecified atom stereocenters. The van der Waals surface area contributed by atoms with Gasteiger partial charge in [-0.1, -0.05) is 30.3 Å². The third-order valence-electron chi connectivity index (χ3n) is 3.27. The zero-order valence-electron chi connectivity index (χ0n) is 10.4. The second-order valence-corrected chi connectivity index (χ2v) is 6.21. The fourth-order valence-electron chi connectivity index (χ4n) is 2.28. The Morgan fingerprint density at radius 3 is 2.63 bits per heavy atom. The summed E-state index contributed by atoms with van der Waals surface area (Å²) < 4.78 is 26.5. The number of hydrogen-bond donors (Lipinski definition) is 3. The highest BCUT2D eigenvalue weighted by Crippen LogP contribution is 2.44. The smallest absolute Gasteiger partial charge is 0.315 e. The molecule has 0 aliphatic carbocycles. The van der Waals surface area contributed by atoms with E-state index >= 15 is 0 Å². The molecule has 1 aromatic rings. The summed E-state index contributed by atoms with van der Waals surface area (Å²) >= 11 is 0. The minimum atomic E-state index is -4.49. The monoisotopic (exact) mass is 288 g/mol. The number of hydrogen-bond acceptors (Lipinski definition) is 2. The van der Waals surface area contributed by atoms with Crippen LogP contribution in [0.25, 0.3) is 0 Å². The Kier molecular flexibility index (Phi) is 4.71. The topological polar surface area (TPSA) is 72.8 Å². The fourth-order valence-corrected chi connectivity index (χ4v) is 3.24. The maximum absolute atomic E-state index is 13.9. The molecule has 0 amide bonds. The molecule has 1 fully saturated rings. The minimum Gasteiger partial charge on any atom is -0.315 e. The first-order valence-corrected chi connectivity index (χ1v) is 7.76. The Balaban J connectivity index is 2.19. The summed E-state index contributed by atoms with van der Waals surface area (Å²) in [5, 5.41) is 2.98. The second-order valence-electron chi connectivity index (χ2n) is 4.67. The van der Waals surface area contributed by atoms with Crippen molar-refractivity contribution in [2.45, 2.75) is 25.2 Å². The van der Waals surface area contributed by atoms with E-state index in [-0.39, 0.29) is 19.5 Å². The van der Waals surface area contributed by atoms with Gasteiger partial charge in [-0.3, -0.25) is 0 Å². The molecule has 0 aromatic heterocycles. The summed E-state index contributed by atoms with van der Waals surface area (Å²) in [6.45, 7) is 0.828. The van der Waals surface area contributed by atoms with Crippen molar-refractivity contribution in [1.82, 2.24) is 9.99 Å². The molecule has 0 radical (unpaired) electrons. The molecule has 3 N–H and O–H groups in total. The van der Waals surface area contributed by atoms with Gasteiger partial charge in [-0.2, -0.15) is 4.67 Å². The van der Waals surface area contributed by atoms with E-state index in [1.165, 1.54) is 0 Å². The number of nitrogens with one attached hydrogen (secondary N) is 1. The molecule has 2 atom stereocenters. The van der Waals surface area contributed by atoms with Gasteiger partial charge in [0.15, 0.2) is 0 Å². The molecule has 0 saturated carbocycles. The van der Waals surface area contributed by atoms with Crippen LogP contribution >= 0.6 is 7.75 Å². The Bertz CT molecular complexity index is 454. The van der Waals surface area contributed by atoms with Crippen molar-refractivity contribution >= 4 is 7.75 Å². The van der Waals surface area contributed by atoms with E-state index in [2.05, 4.69) is 5.32 Å². The van der Waals surface area contributed by atoms with Gasteiger partial charge in [-0.25, -0.2) is 8.96 Å². The lowest BCUT2D eigenvalue weighted by molar-refractivity contribution is 0.114. The lowest BCUT2D eigenvalue weighted by Gasteiger charge is -2.36. The van der Waals surface area contributed by atoms with Gasteiger partial charge in [0.25, 0.3) is 0 Å². The van der Waals surface area contributed by atoms with Crippen LogP contribution in [-0.2, 0) is 11.1 Å². The van der Waals surface area contributed by atoms with Gasteiger partial charge in [0, 0.05) is 13.1 Å². The van der Waals surface area contributed by atoms with Crippen LogP contribution in [0.1, 0.15) is 12.0 Å². The number of rotatable bonds is 4. The van der Waals surface area contributed by atoms with Crippen molar-refractivity contribution in [3.8, 4) is 0 Å². The molecule has 19 heavy (non-hydrogen) atoms. The van der Waals surface area contributed by atoms with Crippen molar-refractivity contribution in [1.29, 1.82) is 0 Å².